The van der Waals surface area contributed by atoms with Crippen LogP contribution in [0.4, 0.5) is 4.79 Å². The molecule has 7 rings (SSSR count). The molecular formula is C39H38N4O5S. The number of likely N-dealkylation sites (tertiary alicyclic amines) is 1. The maximum atomic E-state index is 13.9. The van der Waals surface area contributed by atoms with Crippen molar-refractivity contribution in [3.05, 3.63) is 138 Å². The maximum Gasteiger partial charge on any atom is 0.339 e. The Morgan fingerprint density at radius 2 is 1.41 bits per heavy atom. The number of carbonyl (C=O) groups excluding carboxylic acids is 2. The molecule has 0 spiro atoms. The van der Waals surface area contributed by atoms with Crippen LogP contribution in [-0.4, -0.2) is 65.7 Å². The van der Waals surface area contributed by atoms with E-state index in [0.29, 0.717) is 23.7 Å². The topological polar surface area (TPSA) is 100 Å². The van der Waals surface area contributed by atoms with Crippen LogP contribution in [0, 0.1) is 5.92 Å². The van der Waals surface area contributed by atoms with Crippen molar-refractivity contribution in [1.82, 2.24) is 19.7 Å². The zero-order chi connectivity index (χ0) is 33.8. The minimum Gasteiger partial charge on any atom is -0.379 e. The summed E-state index contributed by atoms with van der Waals surface area (Å²) in [5.74, 6) is 0.228. The average molecular weight is 675 g/mol. The van der Waals surface area contributed by atoms with Crippen molar-refractivity contribution in [2.75, 3.05) is 19.6 Å². The van der Waals surface area contributed by atoms with E-state index in [9.17, 15) is 18.0 Å². The third kappa shape index (κ3) is 7.35. The predicted molar refractivity (Wildman–Crippen MR) is 187 cm³/mol. The van der Waals surface area contributed by atoms with Gasteiger partial charge in [-0.3, -0.25) is 19.6 Å². The number of nitrogens with zero attached hydrogens (tertiary/aromatic N) is 4. The number of fused-ring (bicyclic) bond motifs is 1. The molecule has 10 heteroatoms. The Labute approximate surface area is 286 Å². The lowest BCUT2D eigenvalue weighted by atomic mass is 9.95. The molecule has 1 atom stereocenters. The van der Waals surface area contributed by atoms with Crippen LogP contribution in [0.5, 0.6) is 5.75 Å². The van der Waals surface area contributed by atoms with Gasteiger partial charge in [0.1, 0.15) is 16.7 Å². The first-order valence-corrected chi connectivity index (χ1v) is 18.0. The van der Waals surface area contributed by atoms with Gasteiger partial charge in [0.25, 0.3) is 5.91 Å². The summed E-state index contributed by atoms with van der Waals surface area (Å²) >= 11 is 0. The number of urea groups is 1. The van der Waals surface area contributed by atoms with Crippen molar-refractivity contribution in [2.24, 2.45) is 5.92 Å². The number of benzene rings is 4. The van der Waals surface area contributed by atoms with Gasteiger partial charge >= 0.3 is 16.1 Å². The molecule has 1 aromatic heterocycles. The molecule has 2 aliphatic heterocycles. The highest BCUT2D eigenvalue weighted by molar-refractivity contribution is 7.87. The molecule has 250 valence electrons. The Hall–Kier alpha value is -5.06. The standard InChI is InChI=1S/C39H38N4O5S/c44-38-36(24-29-14-16-34(17-15-29)48-49(46,47)37-13-7-12-33-25-40-21-18-35(33)37)42(39(45)43(38)28-31-10-5-2-6-11-31)27-32-19-22-41(23-20-32)26-30-8-3-1-4-9-30/h1-18,21,25,32,36H,19-20,22-24,26-28H2. The summed E-state index contributed by atoms with van der Waals surface area (Å²) < 4.78 is 32.0. The zero-order valence-electron chi connectivity index (χ0n) is 27.1. The van der Waals surface area contributed by atoms with Crippen LogP contribution in [0.1, 0.15) is 29.5 Å². The number of pyridine rings is 1. The van der Waals surface area contributed by atoms with E-state index in [4.69, 9.17) is 4.18 Å². The molecule has 0 radical (unpaired) electrons. The fourth-order valence-electron chi connectivity index (χ4n) is 6.84. The second-order valence-corrected chi connectivity index (χ2v) is 14.3. The Bertz CT molecular complexity index is 2030. The van der Waals surface area contributed by atoms with Crippen molar-refractivity contribution >= 4 is 32.8 Å². The number of rotatable bonds is 11. The number of piperidine rings is 1. The molecule has 2 aliphatic rings. The lowest BCUT2D eigenvalue weighted by Crippen LogP contribution is -2.43. The average Bonchev–Trinajstić information content (AvgIpc) is 3.33. The van der Waals surface area contributed by atoms with E-state index in [2.05, 4.69) is 34.1 Å². The normalized spacial score (nSPS) is 17.6. The fraction of sp³-hybridized carbons (Fsp3) is 0.256. The van der Waals surface area contributed by atoms with Crippen molar-refractivity contribution in [2.45, 2.75) is 43.3 Å². The molecule has 3 heterocycles. The van der Waals surface area contributed by atoms with Crippen molar-refractivity contribution < 1.29 is 22.2 Å². The van der Waals surface area contributed by atoms with Gasteiger partial charge in [-0.05, 0) is 72.8 Å². The molecule has 0 bridgehead atoms. The first-order valence-electron chi connectivity index (χ1n) is 16.6. The van der Waals surface area contributed by atoms with Gasteiger partial charge in [0.2, 0.25) is 0 Å². The molecular weight excluding hydrogens is 637 g/mol. The van der Waals surface area contributed by atoms with Gasteiger partial charge in [0.05, 0.1) is 6.54 Å². The van der Waals surface area contributed by atoms with Crippen LogP contribution < -0.4 is 4.18 Å². The number of aromatic nitrogens is 1. The molecule has 2 saturated heterocycles. The molecule has 0 aliphatic carbocycles. The number of hydrogen-bond donors (Lipinski definition) is 0. The predicted octanol–water partition coefficient (Wildman–Crippen LogP) is 6.29. The van der Waals surface area contributed by atoms with E-state index in [-0.39, 0.29) is 35.0 Å². The SMILES string of the molecule is O=C1C(Cc2ccc(OS(=O)(=O)c3cccc4cnccc34)cc2)N(CC2CCN(Cc3ccccc3)CC2)C(=O)N1Cc1ccccc1. The maximum absolute atomic E-state index is 13.9. The molecule has 0 N–H and O–H groups in total. The highest BCUT2D eigenvalue weighted by Gasteiger charge is 2.45. The molecule has 3 amide bonds. The molecule has 5 aromatic rings. The second kappa shape index (κ2) is 14.2. The Balaban J connectivity index is 1.05. The quantitative estimate of drug-likeness (QED) is 0.120. The van der Waals surface area contributed by atoms with Crippen molar-refractivity contribution in [3.63, 3.8) is 0 Å². The Morgan fingerprint density at radius 3 is 2.10 bits per heavy atom. The molecule has 0 saturated carbocycles. The summed E-state index contributed by atoms with van der Waals surface area (Å²) in [5, 5.41) is 1.22. The molecule has 49 heavy (non-hydrogen) atoms. The monoisotopic (exact) mass is 674 g/mol. The van der Waals surface area contributed by atoms with E-state index in [0.717, 1.165) is 43.6 Å². The molecule has 2 fully saturated rings. The lowest BCUT2D eigenvalue weighted by molar-refractivity contribution is -0.128. The van der Waals surface area contributed by atoms with Gasteiger partial charge in [-0.2, -0.15) is 8.42 Å². The lowest BCUT2D eigenvalue weighted by Gasteiger charge is -2.34. The van der Waals surface area contributed by atoms with E-state index >= 15 is 0 Å². The summed E-state index contributed by atoms with van der Waals surface area (Å²) in [5.41, 5.74) is 2.98. The van der Waals surface area contributed by atoms with Crippen LogP contribution in [0.25, 0.3) is 10.8 Å². The summed E-state index contributed by atoms with van der Waals surface area (Å²) in [6.45, 7) is 3.51. The van der Waals surface area contributed by atoms with Gasteiger partial charge in [-0.15, -0.1) is 0 Å². The van der Waals surface area contributed by atoms with Crippen LogP contribution in [0.15, 0.2) is 126 Å². The van der Waals surface area contributed by atoms with E-state index in [1.54, 1.807) is 59.8 Å². The number of carbonyl (C=O) groups is 2. The Morgan fingerprint density at radius 1 is 0.735 bits per heavy atom. The third-order valence-corrected chi connectivity index (χ3v) is 10.8. The zero-order valence-corrected chi connectivity index (χ0v) is 27.9. The summed E-state index contributed by atoms with van der Waals surface area (Å²) in [6.07, 6.45) is 5.36. The summed E-state index contributed by atoms with van der Waals surface area (Å²) in [6, 6.07) is 32.4. The van der Waals surface area contributed by atoms with Gasteiger partial charge in [0, 0.05) is 42.7 Å². The first-order chi connectivity index (χ1) is 23.8. The molecule has 1 unspecified atom stereocenters. The molecule has 9 nitrogen and oxygen atoms in total. The van der Waals surface area contributed by atoms with Crippen LogP contribution in [0.2, 0.25) is 0 Å². The largest absolute Gasteiger partial charge is 0.379 e. The van der Waals surface area contributed by atoms with Gasteiger partial charge < -0.3 is 9.08 Å². The second-order valence-electron chi connectivity index (χ2n) is 12.8. The molecule has 4 aromatic carbocycles. The van der Waals surface area contributed by atoms with Crippen molar-refractivity contribution in [1.29, 1.82) is 0 Å². The van der Waals surface area contributed by atoms with Crippen LogP contribution in [0.3, 0.4) is 0 Å². The fourth-order valence-corrected chi connectivity index (χ4v) is 8.00. The van der Waals surface area contributed by atoms with E-state index in [1.165, 1.54) is 16.5 Å². The number of amides is 3. The van der Waals surface area contributed by atoms with E-state index in [1.807, 2.05) is 36.4 Å². The summed E-state index contributed by atoms with van der Waals surface area (Å²) in [4.78, 5) is 37.5. The first kappa shape index (κ1) is 32.5. The third-order valence-electron chi connectivity index (χ3n) is 9.47. The van der Waals surface area contributed by atoms with Crippen LogP contribution in [-0.2, 0) is 34.4 Å². The minimum atomic E-state index is -4.12. The highest BCUT2D eigenvalue weighted by Crippen LogP contribution is 2.30. The number of imide groups is 1. The Kier molecular flexibility index (Phi) is 9.41. The van der Waals surface area contributed by atoms with Crippen molar-refractivity contribution in [3.8, 4) is 5.75 Å². The highest BCUT2D eigenvalue weighted by atomic mass is 32.2. The van der Waals surface area contributed by atoms with Gasteiger partial charge in [-0.1, -0.05) is 84.9 Å². The minimum absolute atomic E-state index is 0.0617. The smallest absolute Gasteiger partial charge is 0.339 e. The van der Waals surface area contributed by atoms with Gasteiger partial charge in [-0.25, -0.2) is 4.79 Å². The van der Waals surface area contributed by atoms with E-state index < -0.39 is 16.2 Å². The summed E-state index contributed by atoms with van der Waals surface area (Å²) in [7, 11) is -4.12. The number of hydrogen-bond acceptors (Lipinski definition) is 7. The van der Waals surface area contributed by atoms with Crippen LogP contribution >= 0.6 is 0 Å². The van der Waals surface area contributed by atoms with Gasteiger partial charge in [0.15, 0.2) is 0 Å².